The van der Waals surface area contributed by atoms with Crippen molar-refractivity contribution in [3.8, 4) is 11.6 Å². The lowest BCUT2D eigenvalue weighted by Crippen LogP contribution is -2.13. The predicted octanol–water partition coefficient (Wildman–Crippen LogP) is 2.56. The molecule has 1 aromatic carbocycles. The maximum Gasteiger partial charge on any atom is 0.227 e. The Labute approximate surface area is 110 Å². The zero-order valence-corrected chi connectivity index (χ0v) is 10.8. The van der Waals surface area contributed by atoms with Crippen molar-refractivity contribution in [2.24, 2.45) is 5.84 Å². The predicted molar refractivity (Wildman–Crippen MR) is 70.4 cm³/mol. The van der Waals surface area contributed by atoms with Crippen LogP contribution in [0.3, 0.4) is 0 Å². The van der Waals surface area contributed by atoms with E-state index in [2.05, 4.69) is 15.4 Å². The van der Waals surface area contributed by atoms with Gasteiger partial charge in [0.15, 0.2) is 0 Å². The van der Waals surface area contributed by atoms with E-state index in [1.807, 2.05) is 6.92 Å². The largest absolute Gasteiger partial charge is 0.439 e. The first-order valence-electron chi connectivity index (χ1n) is 5.91. The lowest BCUT2D eigenvalue weighted by Gasteiger charge is -2.12. The van der Waals surface area contributed by atoms with Gasteiger partial charge < -0.3 is 10.2 Å². The number of anilines is 1. The molecule has 1 aromatic heterocycles. The summed E-state index contributed by atoms with van der Waals surface area (Å²) in [7, 11) is 0. The summed E-state index contributed by atoms with van der Waals surface area (Å²) in [6.45, 7) is 3.74. The molecular formula is C13H15FN4O. The molecule has 0 bridgehead atoms. The second-order valence-electron chi connectivity index (χ2n) is 3.97. The minimum absolute atomic E-state index is 0.315. The third-order valence-electron chi connectivity index (χ3n) is 2.63. The Bertz CT molecular complexity index is 572. The minimum atomic E-state index is -0.315. The average Bonchev–Trinajstić information content (AvgIpc) is 2.43. The van der Waals surface area contributed by atoms with E-state index in [-0.39, 0.29) is 5.82 Å². The van der Waals surface area contributed by atoms with Gasteiger partial charge in [-0.15, -0.1) is 0 Å². The molecule has 2 rings (SSSR count). The zero-order valence-electron chi connectivity index (χ0n) is 10.8. The van der Waals surface area contributed by atoms with E-state index in [4.69, 9.17) is 10.6 Å². The third kappa shape index (κ3) is 2.97. The van der Waals surface area contributed by atoms with E-state index in [1.165, 1.54) is 24.3 Å². The Balaban J connectivity index is 2.35. The number of halogens is 1. The first-order chi connectivity index (χ1) is 9.13. The summed E-state index contributed by atoms with van der Waals surface area (Å²) in [5, 5.41) is 0. The van der Waals surface area contributed by atoms with Gasteiger partial charge in [-0.1, -0.05) is 6.92 Å². The number of aromatic nitrogens is 2. The molecule has 0 saturated carbocycles. The summed E-state index contributed by atoms with van der Waals surface area (Å²) in [5.41, 5.74) is 3.21. The van der Waals surface area contributed by atoms with Crippen LogP contribution < -0.4 is 16.0 Å². The van der Waals surface area contributed by atoms with Crippen molar-refractivity contribution in [3.05, 3.63) is 41.5 Å². The Hall–Kier alpha value is -2.21. The fourth-order valence-corrected chi connectivity index (χ4v) is 1.55. The lowest BCUT2D eigenvalue weighted by atomic mass is 10.3. The van der Waals surface area contributed by atoms with Gasteiger partial charge in [-0.05, 0) is 31.2 Å². The lowest BCUT2D eigenvalue weighted by molar-refractivity contribution is 0.453. The fourth-order valence-electron chi connectivity index (χ4n) is 1.55. The highest BCUT2D eigenvalue weighted by Crippen LogP contribution is 2.26. The number of nitrogens with zero attached hydrogens (tertiary/aromatic N) is 2. The maximum absolute atomic E-state index is 12.8. The summed E-state index contributed by atoms with van der Waals surface area (Å²) in [6, 6.07) is 5.74. The molecule has 0 saturated heterocycles. The van der Waals surface area contributed by atoms with Crippen LogP contribution in [-0.4, -0.2) is 9.97 Å². The molecule has 19 heavy (non-hydrogen) atoms. The van der Waals surface area contributed by atoms with Crippen LogP contribution >= 0.6 is 0 Å². The van der Waals surface area contributed by atoms with Crippen molar-refractivity contribution >= 4 is 5.82 Å². The second kappa shape index (κ2) is 5.62. The molecule has 0 aliphatic heterocycles. The Morgan fingerprint density at radius 2 is 1.95 bits per heavy atom. The number of nitrogen functional groups attached to an aromatic ring is 1. The van der Waals surface area contributed by atoms with Gasteiger partial charge in [-0.2, -0.15) is 4.98 Å². The standard InChI is InChI=1S/C13H15FN4O/c1-3-11-16-12(18-15)8(2)13(17-11)19-10-6-4-9(14)5-7-10/h4-7H,3,15H2,1-2H3,(H,16,17,18). The van der Waals surface area contributed by atoms with E-state index in [1.54, 1.807) is 6.92 Å². The number of hydrogen-bond donors (Lipinski definition) is 2. The highest BCUT2D eigenvalue weighted by Gasteiger charge is 2.11. The molecule has 0 spiro atoms. The maximum atomic E-state index is 12.8. The number of nitrogens with one attached hydrogen (secondary N) is 1. The molecule has 0 aliphatic carbocycles. The molecule has 1 heterocycles. The molecule has 0 unspecified atom stereocenters. The summed E-state index contributed by atoms with van der Waals surface area (Å²) in [5.74, 6) is 7.15. The number of hydrogen-bond acceptors (Lipinski definition) is 5. The average molecular weight is 262 g/mol. The van der Waals surface area contributed by atoms with E-state index >= 15 is 0 Å². The van der Waals surface area contributed by atoms with Crippen LogP contribution in [0.1, 0.15) is 18.3 Å². The summed E-state index contributed by atoms with van der Waals surface area (Å²) >= 11 is 0. The summed E-state index contributed by atoms with van der Waals surface area (Å²) in [6.07, 6.45) is 0.661. The van der Waals surface area contributed by atoms with E-state index in [0.717, 1.165) is 0 Å². The number of hydrazine groups is 1. The smallest absolute Gasteiger partial charge is 0.227 e. The monoisotopic (exact) mass is 262 g/mol. The van der Waals surface area contributed by atoms with Crippen molar-refractivity contribution < 1.29 is 9.13 Å². The number of rotatable bonds is 4. The van der Waals surface area contributed by atoms with Gasteiger partial charge in [0.25, 0.3) is 0 Å². The van der Waals surface area contributed by atoms with Gasteiger partial charge in [0.2, 0.25) is 5.88 Å². The quantitative estimate of drug-likeness (QED) is 0.654. The van der Waals surface area contributed by atoms with Crippen LogP contribution in [0, 0.1) is 12.7 Å². The van der Waals surface area contributed by atoms with Crippen molar-refractivity contribution in [2.45, 2.75) is 20.3 Å². The normalized spacial score (nSPS) is 10.3. The second-order valence-corrected chi connectivity index (χ2v) is 3.97. The molecule has 0 radical (unpaired) electrons. The molecule has 2 aromatic rings. The highest BCUT2D eigenvalue weighted by molar-refractivity contribution is 5.48. The van der Waals surface area contributed by atoms with Crippen molar-refractivity contribution in [1.29, 1.82) is 0 Å². The van der Waals surface area contributed by atoms with E-state index < -0.39 is 0 Å². The van der Waals surface area contributed by atoms with Crippen molar-refractivity contribution in [1.82, 2.24) is 9.97 Å². The first-order valence-corrected chi connectivity index (χ1v) is 5.91. The molecule has 0 atom stereocenters. The number of nitrogens with two attached hydrogens (primary N) is 1. The van der Waals surface area contributed by atoms with Crippen LogP contribution in [0.15, 0.2) is 24.3 Å². The van der Waals surface area contributed by atoms with Gasteiger partial charge in [-0.25, -0.2) is 15.2 Å². The SMILES string of the molecule is CCc1nc(NN)c(C)c(Oc2ccc(F)cc2)n1. The minimum Gasteiger partial charge on any atom is -0.439 e. The fraction of sp³-hybridized carbons (Fsp3) is 0.231. The van der Waals surface area contributed by atoms with Gasteiger partial charge >= 0.3 is 0 Å². The summed E-state index contributed by atoms with van der Waals surface area (Å²) < 4.78 is 18.5. The van der Waals surface area contributed by atoms with Crippen LogP contribution in [0.2, 0.25) is 0 Å². The number of aryl methyl sites for hydroxylation is 1. The van der Waals surface area contributed by atoms with Crippen LogP contribution in [-0.2, 0) is 6.42 Å². The van der Waals surface area contributed by atoms with Crippen LogP contribution in [0.4, 0.5) is 10.2 Å². The van der Waals surface area contributed by atoms with Gasteiger partial charge in [0.1, 0.15) is 23.2 Å². The molecular weight excluding hydrogens is 247 g/mol. The van der Waals surface area contributed by atoms with E-state index in [0.29, 0.717) is 35.3 Å². The highest BCUT2D eigenvalue weighted by atomic mass is 19.1. The molecule has 0 fully saturated rings. The molecule has 100 valence electrons. The molecule has 0 amide bonds. The Kier molecular flexibility index (Phi) is 3.91. The molecule has 6 heteroatoms. The van der Waals surface area contributed by atoms with Crippen LogP contribution in [0.5, 0.6) is 11.6 Å². The Morgan fingerprint density at radius 1 is 1.26 bits per heavy atom. The summed E-state index contributed by atoms with van der Waals surface area (Å²) in [4.78, 5) is 8.53. The first kappa shape index (κ1) is 13.2. The number of benzene rings is 1. The topological polar surface area (TPSA) is 73.1 Å². The Morgan fingerprint density at radius 3 is 2.53 bits per heavy atom. The van der Waals surface area contributed by atoms with Gasteiger partial charge in [0, 0.05) is 6.42 Å². The number of ether oxygens (including phenoxy) is 1. The van der Waals surface area contributed by atoms with Gasteiger partial charge in [0.05, 0.1) is 5.56 Å². The molecule has 5 nitrogen and oxygen atoms in total. The zero-order chi connectivity index (χ0) is 13.8. The van der Waals surface area contributed by atoms with E-state index in [9.17, 15) is 4.39 Å². The molecule has 3 N–H and O–H groups in total. The van der Waals surface area contributed by atoms with Crippen molar-refractivity contribution in [3.63, 3.8) is 0 Å². The third-order valence-corrected chi connectivity index (χ3v) is 2.63. The van der Waals surface area contributed by atoms with Gasteiger partial charge in [-0.3, -0.25) is 0 Å². The van der Waals surface area contributed by atoms with Crippen LogP contribution in [0.25, 0.3) is 0 Å². The van der Waals surface area contributed by atoms with Crippen molar-refractivity contribution in [2.75, 3.05) is 5.43 Å². The molecule has 0 aliphatic rings.